The van der Waals surface area contributed by atoms with Gasteiger partial charge in [0.25, 0.3) is 5.89 Å². The number of halogens is 1. The Bertz CT molecular complexity index is 1110. The van der Waals surface area contributed by atoms with E-state index in [1.165, 1.54) is 0 Å². The lowest BCUT2D eigenvalue weighted by atomic mass is 9.77. The Morgan fingerprint density at radius 1 is 1.29 bits per heavy atom. The molecule has 0 bridgehead atoms. The maximum absolute atomic E-state index is 6.37. The molecule has 0 amide bonds. The highest BCUT2D eigenvalue weighted by atomic mass is 35.5. The summed E-state index contributed by atoms with van der Waals surface area (Å²) in [4.78, 5) is 10.6. The number of nitrogens with two attached hydrogens (primary N) is 1. The lowest BCUT2D eigenvalue weighted by Crippen LogP contribution is -2.44. The second-order valence-electron chi connectivity index (χ2n) is 7.39. The van der Waals surface area contributed by atoms with E-state index >= 15 is 0 Å². The van der Waals surface area contributed by atoms with Crippen molar-refractivity contribution in [2.75, 3.05) is 0 Å². The van der Waals surface area contributed by atoms with Crippen molar-refractivity contribution >= 4 is 34.8 Å². The first-order chi connectivity index (χ1) is 13.0. The highest BCUT2D eigenvalue weighted by Gasteiger charge is 2.39. The molecule has 0 atom stereocenters. The third-order valence-electron chi connectivity index (χ3n) is 5.18. The van der Waals surface area contributed by atoms with Gasteiger partial charge in [-0.3, -0.25) is 0 Å². The minimum Gasteiger partial charge on any atom is -0.334 e. The summed E-state index contributed by atoms with van der Waals surface area (Å²) in [6.45, 7) is 4.18. The van der Waals surface area contributed by atoms with Crippen LogP contribution in [0.25, 0.3) is 33.1 Å². The van der Waals surface area contributed by atoms with Crippen molar-refractivity contribution in [2.24, 2.45) is 5.73 Å². The Kier molecular flexibility index (Phi) is 4.73. The molecular weight excluding hydrogens is 396 g/mol. The van der Waals surface area contributed by atoms with Gasteiger partial charge in [-0.25, -0.2) is 9.67 Å². The van der Waals surface area contributed by atoms with E-state index in [9.17, 15) is 0 Å². The number of rotatable bonds is 4. The smallest absolute Gasteiger partial charge is 0.258 e. The monoisotopic (exact) mass is 416 g/mol. The Morgan fingerprint density at radius 2 is 2.11 bits per heavy atom. The van der Waals surface area contributed by atoms with Crippen LogP contribution in [0.4, 0.5) is 0 Å². The van der Waals surface area contributed by atoms with Gasteiger partial charge in [-0.2, -0.15) is 10.1 Å². The molecule has 1 aliphatic rings. The molecule has 2 N–H and O–H groups in total. The standard InChI is InChI=1S/C19H20N6OS.ClH/c1-11(2)25-16-13(10-21-25)12(9-14(22-16)15-5-3-8-27-15)17-23-18(24-26-17)19(20)6-4-7-19;/h3,5,8-11H,4,6-7,20H2,1-2H3;1H. The topological polar surface area (TPSA) is 95.7 Å². The van der Waals surface area contributed by atoms with E-state index in [0.29, 0.717) is 11.7 Å². The van der Waals surface area contributed by atoms with Crippen LogP contribution in [-0.2, 0) is 5.54 Å². The van der Waals surface area contributed by atoms with E-state index in [2.05, 4.69) is 35.2 Å². The zero-order valence-corrected chi connectivity index (χ0v) is 17.3. The van der Waals surface area contributed by atoms with Gasteiger partial charge >= 0.3 is 0 Å². The minimum atomic E-state index is -0.452. The molecule has 0 aromatic carbocycles. The molecule has 0 spiro atoms. The van der Waals surface area contributed by atoms with Gasteiger partial charge in [0.05, 0.1) is 33.3 Å². The highest BCUT2D eigenvalue weighted by molar-refractivity contribution is 7.13. The van der Waals surface area contributed by atoms with Gasteiger partial charge in [0, 0.05) is 6.04 Å². The maximum Gasteiger partial charge on any atom is 0.258 e. The van der Waals surface area contributed by atoms with Gasteiger partial charge < -0.3 is 10.3 Å². The molecule has 1 fully saturated rings. The van der Waals surface area contributed by atoms with E-state index in [-0.39, 0.29) is 18.4 Å². The first-order valence-corrected chi connectivity index (χ1v) is 9.99. The molecule has 0 unspecified atom stereocenters. The molecule has 4 aromatic heterocycles. The fourth-order valence-electron chi connectivity index (χ4n) is 3.44. The van der Waals surface area contributed by atoms with E-state index < -0.39 is 5.54 Å². The second kappa shape index (κ2) is 6.95. The molecule has 5 rings (SSSR count). The van der Waals surface area contributed by atoms with Crippen LogP contribution in [0.15, 0.2) is 34.3 Å². The Hall–Kier alpha value is -2.29. The summed E-state index contributed by atoms with van der Waals surface area (Å²) in [5.74, 6) is 1.05. The molecule has 4 heterocycles. The van der Waals surface area contributed by atoms with Crippen molar-refractivity contribution in [1.82, 2.24) is 24.9 Å². The number of hydrogen-bond donors (Lipinski definition) is 1. The first-order valence-electron chi connectivity index (χ1n) is 9.11. The Morgan fingerprint density at radius 3 is 2.75 bits per heavy atom. The molecule has 146 valence electrons. The van der Waals surface area contributed by atoms with Gasteiger partial charge in [0.2, 0.25) is 0 Å². The van der Waals surface area contributed by atoms with Crippen LogP contribution in [0, 0.1) is 0 Å². The van der Waals surface area contributed by atoms with Gasteiger partial charge in [0.15, 0.2) is 11.5 Å². The molecule has 28 heavy (non-hydrogen) atoms. The van der Waals surface area contributed by atoms with Crippen molar-refractivity contribution in [2.45, 2.75) is 44.7 Å². The van der Waals surface area contributed by atoms with Crippen LogP contribution in [0.5, 0.6) is 0 Å². The number of hydrogen-bond acceptors (Lipinski definition) is 7. The maximum atomic E-state index is 6.37. The summed E-state index contributed by atoms with van der Waals surface area (Å²) in [5.41, 5.74) is 8.45. The summed E-state index contributed by atoms with van der Waals surface area (Å²) in [5, 5.41) is 11.6. The van der Waals surface area contributed by atoms with E-state index in [4.69, 9.17) is 15.2 Å². The van der Waals surface area contributed by atoms with Crippen LogP contribution < -0.4 is 5.73 Å². The van der Waals surface area contributed by atoms with Crippen LogP contribution in [-0.4, -0.2) is 24.9 Å². The summed E-state index contributed by atoms with van der Waals surface area (Å²) < 4.78 is 7.54. The van der Waals surface area contributed by atoms with Crippen molar-refractivity contribution in [1.29, 1.82) is 0 Å². The van der Waals surface area contributed by atoms with E-state index in [0.717, 1.165) is 46.4 Å². The largest absolute Gasteiger partial charge is 0.334 e. The van der Waals surface area contributed by atoms with Gasteiger partial charge in [-0.1, -0.05) is 11.2 Å². The molecule has 1 saturated carbocycles. The Balaban J connectivity index is 0.00000192. The number of thiophene rings is 1. The second-order valence-corrected chi connectivity index (χ2v) is 8.33. The normalized spacial score (nSPS) is 15.6. The molecule has 9 heteroatoms. The van der Waals surface area contributed by atoms with E-state index in [1.54, 1.807) is 11.3 Å². The van der Waals surface area contributed by atoms with Crippen LogP contribution in [0.1, 0.15) is 45.0 Å². The third-order valence-corrected chi connectivity index (χ3v) is 6.07. The molecule has 0 aliphatic heterocycles. The van der Waals surface area contributed by atoms with Crippen molar-refractivity contribution in [3.05, 3.63) is 35.6 Å². The first kappa shape index (κ1) is 19.0. The van der Waals surface area contributed by atoms with Crippen LogP contribution in [0.3, 0.4) is 0 Å². The summed E-state index contributed by atoms with van der Waals surface area (Å²) in [7, 11) is 0. The SMILES string of the molecule is CC(C)n1ncc2c(-c3nc(C4(N)CCC4)no3)cc(-c3cccs3)nc21.Cl. The van der Waals surface area contributed by atoms with Gasteiger partial charge in [-0.15, -0.1) is 23.7 Å². The number of pyridine rings is 1. The summed E-state index contributed by atoms with van der Waals surface area (Å²) in [6.07, 6.45) is 4.71. The fourth-order valence-corrected chi connectivity index (χ4v) is 4.13. The highest BCUT2D eigenvalue weighted by Crippen LogP contribution is 2.39. The van der Waals surface area contributed by atoms with Crippen molar-refractivity contribution in [3.63, 3.8) is 0 Å². The number of aromatic nitrogens is 5. The van der Waals surface area contributed by atoms with Crippen molar-refractivity contribution in [3.8, 4) is 22.0 Å². The molecule has 0 saturated heterocycles. The van der Waals surface area contributed by atoms with Gasteiger partial charge in [-0.05, 0) is 50.6 Å². The average Bonchev–Trinajstić information content (AvgIpc) is 3.38. The summed E-state index contributed by atoms with van der Waals surface area (Å²) in [6, 6.07) is 6.27. The predicted molar refractivity (Wildman–Crippen MR) is 111 cm³/mol. The number of nitrogens with zero attached hydrogens (tertiary/aromatic N) is 5. The lowest BCUT2D eigenvalue weighted by Gasteiger charge is -2.34. The molecular formula is C19H21ClN6OS. The summed E-state index contributed by atoms with van der Waals surface area (Å²) >= 11 is 1.65. The Labute approximate surface area is 172 Å². The zero-order valence-electron chi connectivity index (χ0n) is 15.6. The fraction of sp³-hybridized carbons (Fsp3) is 0.368. The average molecular weight is 417 g/mol. The predicted octanol–water partition coefficient (Wildman–Crippen LogP) is 4.55. The minimum absolute atomic E-state index is 0. The molecule has 4 aromatic rings. The quantitative estimate of drug-likeness (QED) is 0.524. The van der Waals surface area contributed by atoms with Crippen LogP contribution in [0.2, 0.25) is 0 Å². The zero-order chi connectivity index (χ0) is 18.6. The van der Waals surface area contributed by atoms with Crippen molar-refractivity contribution < 1.29 is 4.52 Å². The van der Waals surface area contributed by atoms with E-state index in [1.807, 2.05) is 28.4 Å². The number of fused-ring (bicyclic) bond motifs is 1. The molecule has 7 nitrogen and oxygen atoms in total. The molecule has 0 radical (unpaired) electrons. The van der Waals surface area contributed by atoms with Gasteiger partial charge in [0.1, 0.15) is 0 Å². The third kappa shape index (κ3) is 2.92. The van der Waals surface area contributed by atoms with Crippen LogP contribution >= 0.6 is 23.7 Å². The molecule has 1 aliphatic carbocycles. The lowest BCUT2D eigenvalue weighted by molar-refractivity contribution is 0.229.